The highest BCUT2D eigenvalue weighted by atomic mass is 32.2. The van der Waals surface area contributed by atoms with Gasteiger partial charge in [0.1, 0.15) is 5.75 Å². The fourth-order valence-corrected chi connectivity index (χ4v) is 2.70. The van der Waals surface area contributed by atoms with Gasteiger partial charge in [-0.05, 0) is 23.8 Å². The summed E-state index contributed by atoms with van der Waals surface area (Å²) in [6.07, 6.45) is -2.46. The zero-order valence-corrected chi connectivity index (χ0v) is 11.3. The van der Waals surface area contributed by atoms with Gasteiger partial charge in [0, 0.05) is 11.3 Å². The summed E-state index contributed by atoms with van der Waals surface area (Å²) in [6, 6.07) is 14.4. The molecule has 0 fully saturated rings. The number of ether oxygens (including phenoxy) is 1. The molecule has 2 rings (SSSR count). The lowest BCUT2D eigenvalue weighted by Gasteiger charge is -2.10. The first-order chi connectivity index (χ1) is 9.20. The molecule has 0 amide bonds. The lowest BCUT2D eigenvalue weighted by atomic mass is 10.2. The quantitative estimate of drug-likeness (QED) is 0.718. The maximum Gasteiger partial charge on any atom is 0.263 e. The summed E-state index contributed by atoms with van der Waals surface area (Å²) >= 11 is 1.50. The van der Waals surface area contributed by atoms with Crippen LogP contribution in [0.5, 0.6) is 5.75 Å². The van der Waals surface area contributed by atoms with Crippen LogP contribution in [0.1, 0.15) is 17.6 Å². The van der Waals surface area contributed by atoms with Gasteiger partial charge in [-0.1, -0.05) is 30.3 Å². The van der Waals surface area contributed by atoms with Crippen molar-refractivity contribution >= 4 is 11.8 Å². The van der Waals surface area contributed by atoms with Gasteiger partial charge in [-0.15, -0.1) is 11.8 Å². The van der Waals surface area contributed by atoms with Gasteiger partial charge in [-0.3, -0.25) is 0 Å². The summed E-state index contributed by atoms with van der Waals surface area (Å²) in [6.45, 7) is 0. The summed E-state index contributed by atoms with van der Waals surface area (Å²) in [5.74, 6) is 1.36. The van der Waals surface area contributed by atoms with Crippen LogP contribution in [0.2, 0.25) is 0 Å². The zero-order chi connectivity index (χ0) is 13.7. The summed E-state index contributed by atoms with van der Waals surface area (Å²) < 4.78 is 30.6. The van der Waals surface area contributed by atoms with Crippen molar-refractivity contribution in [2.75, 3.05) is 7.11 Å². The highest BCUT2D eigenvalue weighted by Gasteiger charge is 2.11. The van der Waals surface area contributed by atoms with E-state index in [0.717, 1.165) is 16.2 Å². The van der Waals surface area contributed by atoms with E-state index in [0.29, 0.717) is 5.75 Å². The molecule has 4 heteroatoms. The van der Waals surface area contributed by atoms with Crippen LogP contribution in [0.4, 0.5) is 8.78 Å². The number of thioether (sulfide) groups is 1. The molecular formula is C15H14F2OS. The Morgan fingerprint density at radius 1 is 1.11 bits per heavy atom. The highest BCUT2D eigenvalue weighted by molar-refractivity contribution is 7.98. The first-order valence-corrected chi connectivity index (χ1v) is 6.82. The van der Waals surface area contributed by atoms with Gasteiger partial charge in [0.15, 0.2) is 0 Å². The Labute approximate surface area is 115 Å². The molecule has 0 spiro atoms. The van der Waals surface area contributed by atoms with E-state index in [1.54, 1.807) is 13.2 Å². The topological polar surface area (TPSA) is 9.23 Å². The third-order valence-electron chi connectivity index (χ3n) is 2.68. The van der Waals surface area contributed by atoms with Crippen molar-refractivity contribution in [1.82, 2.24) is 0 Å². The number of methoxy groups -OCH3 is 1. The number of rotatable bonds is 5. The molecule has 0 bridgehead atoms. The minimum absolute atomic E-state index is 0.0244. The van der Waals surface area contributed by atoms with E-state index in [-0.39, 0.29) is 5.56 Å². The SMILES string of the molecule is COc1ccc(C(F)F)cc1SCc1ccccc1. The molecule has 0 N–H and O–H groups in total. The second-order valence-electron chi connectivity index (χ2n) is 3.99. The molecule has 0 saturated heterocycles. The molecule has 0 saturated carbocycles. The van der Waals surface area contributed by atoms with Crippen molar-refractivity contribution in [3.8, 4) is 5.75 Å². The Hall–Kier alpha value is -1.55. The van der Waals surface area contributed by atoms with Crippen LogP contribution in [-0.2, 0) is 5.75 Å². The summed E-state index contributed by atoms with van der Waals surface area (Å²) in [5.41, 5.74) is 1.17. The van der Waals surface area contributed by atoms with Crippen molar-refractivity contribution < 1.29 is 13.5 Å². The number of benzene rings is 2. The van der Waals surface area contributed by atoms with Crippen molar-refractivity contribution in [3.63, 3.8) is 0 Å². The average Bonchev–Trinajstić information content (AvgIpc) is 2.45. The summed E-state index contributed by atoms with van der Waals surface area (Å²) in [4.78, 5) is 0.740. The van der Waals surface area contributed by atoms with E-state index in [9.17, 15) is 8.78 Å². The first-order valence-electron chi connectivity index (χ1n) is 5.83. The molecule has 0 aromatic heterocycles. The van der Waals surface area contributed by atoms with Crippen LogP contribution in [0.15, 0.2) is 53.4 Å². The maximum atomic E-state index is 12.7. The van der Waals surface area contributed by atoms with E-state index in [4.69, 9.17) is 4.74 Å². The second-order valence-corrected chi connectivity index (χ2v) is 5.00. The predicted octanol–water partition coefficient (Wildman–Crippen LogP) is 4.93. The molecule has 0 aliphatic rings. The molecule has 0 heterocycles. The van der Waals surface area contributed by atoms with Crippen LogP contribution in [0.25, 0.3) is 0 Å². The largest absolute Gasteiger partial charge is 0.496 e. The molecule has 1 nitrogen and oxygen atoms in total. The van der Waals surface area contributed by atoms with Crippen molar-refractivity contribution in [3.05, 3.63) is 59.7 Å². The smallest absolute Gasteiger partial charge is 0.263 e. The molecule has 100 valence electrons. The van der Waals surface area contributed by atoms with Crippen LogP contribution in [-0.4, -0.2) is 7.11 Å². The maximum absolute atomic E-state index is 12.7. The van der Waals surface area contributed by atoms with Crippen LogP contribution in [0, 0.1) is 0 Å². The molecule has 0 unspecified atom stereocenters. The first kappa shape index (κ1) is 13.9. The number of alkyl halides is 2. The van der Waals surface area contributed by atoms with Gasteiger partial charge in [0.05, 0.1) is 12.0 Å². The van der Waals surface area contributed by atoms with Gasteiger partial charge in [-0.25, -0.2) is 8.78 Å². The molecule has 19 heavy (non-hydrogen) atoms. The third kappa shape index (κ3) is 3.70. The highest BCUT2D eigenvalue weighted by Crippen LogP contribution is 2.34. The minimum atomic E-state index is -2.46. The van der Waals surface area contributed by atoms with Gasteiger partial charge in [0.25, 0.3) is 6.43 Å². The Kier molecular flexibility index (Phi) is 4.80. The van der Waals surface area contributed by atoms with Crippen molar-refractivity contribution in [1.29, 1.82) is 0 Å². The minimum Gasteiger partial charge on any atom is -0.496 e. The normalized spacial score (nSPS) is 10.7. The van der Waals surface area contributed by atoms with Crippen molar-refractivity contribution in [2.24, 2.45) is 0 Å². The molecule has 0 radical (unpaired) electrons. The summed E-state index contributed by atoms with van der Waals surface area (Å²) in [5, 5.41) is 0. The second kappa shape index (κ2) is 6.57. The fraction of sp³-hybridized carbons (Fsp3) is 0.200. The lowest BCUT2D eigenvalue weighted by molar-refractivity contribution is 0.151. The van der Waals surface area contributed by atoms with Crippen LogP contribution in [0.3, 0.4) is 0 Å². The van der Waals surface area contributed by atoms with E-state index in [1.165, 1.54) is 23.9 Å². The fourth-order valence-electron chi connectivity index (χ4n) is 1.68. The Balaban J connectivity index is 2.16. The molecule has 0 aliphatic heterocycles. The Morgan fingerprint density at radius 2 is 1.84 bits per heavy atom. The molecular weight excluding hydrogens is 266 g/mol. The summed E-state index contributed by atoms with van der Waals surface area (Å²) in [7, 11) is 1.55. The van der Waals surface area contributed by atoms with E-state index >= 15 is 0 Å². The molecule has 0 aliphatic carbocycles. The van der Waals surface area contributed by atoms with Gasteiger partial charge >= 0.3 is 0 Å². The Morgan fingerprint density at radius 3 is 2.47 bits per heavy atom. The number of hydrogen-bond acceptors (Lipinski definition) is 2. The average molecular weight is 280 g/mol. The number of halogens is 2. The van der Waals surface area contributed by atoms with E-state index in [2.05, 4.69) is 0 Å². The lowest BCUT2D eigenvalue weighted by Crippen LogP contribution is -1.91. The number of hydrogen-bond donors (Lipinski definition) is 0. The van der Waals surface area contributed by atoms with Gasteiger partial charge < -0.3 is 4.74 Å². The predicted molar refractivity (Wildman–Crippen MR) is 74.0 cm³/mol. The monoisotopic (exact) mass is 280 g/mol. The Bertz CT molecular complexity index is 529. The molecule has 2 aromatic rings. The molecule has 2 aromatic carbocycles. The molecule has 0 atom stereocenters. The van der Waals surface area contributed by atoms with Gasteiger partial charge in [0.2, 0.25) is 0 Å². The standard InChI is InChI=1S/C15H14F2OS/c1-18-13-8-7-12(15(16)17)9-14(13)19-10-11-5-3-2-4-6-11/h2-9,15H,10H2,1H3. The van der Waals surface area contributed by atoms with Crippen LogP contribution < -0.4 is 4.74 Å². The zero-order valence-electron chi connectivity index (χ0n) is 10.5. The van der Waals surface area contributed by atoms with Crippen molar-refractivity contribution in [2.45, 2.75) is 17.1 Å². The van der Waals surface area contributed by atoms with Gasteiger partial charge in [-0.2, -0.15) is 0 Å². The third-order valence-corrected chi connectivity index (χ3v) is 3.78. The van der Waals surface area contributed by atoms with E-state index < -0.39 is 6.43 Å². The van der Waals surface area contributed by atoms with E-state index in [1.807, 2.05) is 30.3 Å². The van der Waals surface area contributed by atoms with Crippen LogP contribution >= 0.6 is 11.8 Å².